The molecule has 2 aromatic rings. The molecule has 0 atom stereocenters. The summed E-state index contributed by atoms with van der Waals surface area (Å²) >= 11 is 10.5. The highest BCUT2D eigenvalue weighted by molar-refractivity contribution is 6.61. The molecule has 0 saturated heterocycles. The maximum atomic E-state index is 10.8. The lowest BCUT2D eigenvalue weighted by molar-refractivity contribution is 0.147. The Bertz CT molecular complexity index is 1050. The molecule has 0 radical (unpaired) electrons. The Morgan fingerprint density at radius 1 is 0.686 bits per heavy atom. The fourth-order valence-corrected chi connectivity index (χ4v) is 6.20. The van der Waals surface area contributed by atoms with Crippen molar-refractivity contribution >= 4 is 34.1 Å². The second-order valence-electron chi connectivity index (χ2n) is 10.5. The molecule has 8 heteroatoms. The summed E-state index contributed by atoms with van der Waals surface area (Å²) in [5, 5.41) is 0. The first kappa shape index (κ1) is 25.6. The Hall–Kier alpha value is -2.44. The van der Waals surface area contributed by atoms with Gasteiger partial charge in [0.1, 0.15) is 37.9 Å². The smallest absolute Gasteiger partial charge is 0.403 e. The highest BCUT2D eigenvalue weighted by Crippen LogP contribution is 2.63. The second kappa shape index (κ2) is 9.55. The van der Waals surface area contributed by atoms with Crippen LogP contribution < -0.4 is 9.47 Å². The second-order valence-corrected chi connectivity index (χ2v) is 11.1. The van der Waals surface area contributed by atoms with E-state index in [0.29, 0.717) is 0 Å². The van der Waals surface area contributed by atoms with Gasteiger partial charge in [-0.3, -0.25) is 0 Å². The summed E-state index contributed by atoms with van der Waals surface area (Å²) < 4.78 is 21.3. The molecule has 1 spiro atoms. The number of carbonyl (C=O) groups is 2. The lowest BCUT2D eigenvalue weighted by Crippen LogP contribution is -2.27. The van der Waals surface area contributed by atoms with Crippen LogP contribution in [0.4, 0.5) is 9.59 Å². The number of ether oxygens (including phenoxy) is 4. The first-order valence-electron chi connectivity index (χ1n) is 11.6. The summed E-state index contributed by atoms with van der Waals surface area (Å²) in [6.45, 7) is 9.76. The molecule has 4 rings (SSSR count). The number of carbonyl (C=O) groups excluding carboxylic acids is 2. The number of fused-ring (bicyclic) bond motifs is 4. The molecule has 6 nitrogen and oxygen atoms in total. The molecular formula is C27H30Cl2O6. The van der Waals surface area contributed by atoms with Crippen LogP contribution in [0.1, 0.15) is 62.8 Å². The standard InChI is InChI=1S/C27H30Cl2O6/c1-25(2)15-27(21-13-17(5-7-19(21)25)32-9-11-34-23(28)30)16-26(3,4)20-8-6-18(14-22(20)27)33-10-12-35-24(29)31/h5-8,13-14H,9-12,15-16H2,1-4H3. The molecule has 35 heavy (non-hydrogen) atoms. The van der Waals surface area contributed by atoms with Gasteiger partial charge >= 0.3 is 10.9 Å². The van der Waals surface area contributed by atoms with E-state index in [1.165, 1.54) is 22.3 Å². The van der Waals surface area contributed by atoms with E-state index in [0.717, 1.165) is 24.3 Å². The predicted molar refractivity (Wildman–Crippen MR) is 134 cm³/mol. The molecule has 0 bridgehead atoms. The normalized spacial score (nSPS) is 18.0. The largest absolute Gasteiger partial charge is 0.490 e. The van der Waals surface area contributed by atoms with Crippen LogP contribution in [0.3, 0.4) is 0 Å². The fraction of sp³-hybridized carbons (Fsp3) is 0.481. The van der Waals surface area contributed by atoms with Gasteiger partial charge in [-0.2, -0.15) is 0 Å². The topological polar surface area (TPSA) is 71.1 Å². The third-order valence-electron chi connectivity index (χ3n) is 7.09. The molecule has 0 aromatic heterocycles. The summed E-state index contributed by atoms with van der Waals surface area (Å²) in [5.41, 5.74) is 3.21. The van der Waals surface area contributed by atoms with Crippen LogP contribution in [0.5, 0.6) is 11.5 Å². The highest BCUT2D eigenvalue weighted by Gasteiger charge is 2.56. The third kappa shape index (κ3) is 5.10. The molecule has 188 valence electrons. The molecule has 0 saturated carbocycles. The molecule has 0 unspecified atom stereocenters. The summed E-state index contributed by atoms with van der Waals surface area (Å²) in [5.74, 6) is 1.46. The van der Waals surface area contributed by atoms with Crippen molar-refractivity contribution < 1.29 is 28.5 Å². The van der Waals surface area contributed by atoms with E-state index >= 15 is 0 Å². The van der Waals surface area contributed by atoms with Gasteiger partial charge in [0.05, 0.1) is 0 Å². The van der Waals surface area contributed by atoms with E-state index < -0.39 is 10.9 Å². The number of hydrogen-bond donors (Lipinski definition) is 0. The third-order valence-corrected chi connectivity index (χ3v) is 7.31. The van der Waals surface area contributed by atoms with Gasteiger partial charge in [-0.05, 0) is 70.2 Å². The number of halogens is 2. The maximum absolute atomic E-state index is 10.8. The van der Waals surface area contributed by atoms with E-state index in [-0.39, 0.29) is 42.7 Å². The maximum Gasteiger partial charge on any atom is 0.403 e. The van der Waals surface area contributed by atoms with Crippen molar-refractivity contribution in [2.75, 3.05) is 26.4 Å². The molecular weight excluding hydrogens is 491 g/mol. The van der Waals surface area contributed by atoms with E-state index in [9.17, 15) is 9.59 Å². The Morgan fingerprint density at radius 3 is 1.46 bits per heavy atom. The molecule has 0 N–H and O–H groups in total. The first-order valence-corrected chi connectivity index (χ1v) is 12.4. The minimum Gasteiger partial charge on any atom is -0.490 e. The van der Waals surface area contributed by atoms with Crippen molar-refractivity contribution in [3.05, 3.63) is 58.7 Å². The SMILES string of the molecule is CC1(C)CC2(CC(C)(C)c3ccc(OCCOC(=O)Cl)cc32)c2cc(OCCOC(=O)Cl)ccc21. The first-order chi connectivity index (χ1) is 16.4. The van der Waals surface area contributed by atoms with Gasteiger partial charge in [0.15, 0.2) is 0 Å². The molecule has 0 amide bonds. The van der Waals surface area contributed by atoms with Crippen LogP contribution in [-0.2, 0) is 25.7 Å². The zero-order chi connectivity index (χ0) is 25.4. The summed E-state index contributed by atoms with van der Waals surface area (Å²) in [7, 11) is 0. The molecule has 2 aliphatic rings. The Labute approximate surface area is 215 Å². The van der Waals surface area contributed by atoms with E-state index in [2.05, 4.69) is 52.0 Å². The fourth-order valence-electron chi connectivity index (χ4n) is 6.05. The molecule has 0 aliphatic heterocycles. The van der Waals surface area contributed by atoms with Crippen LogP contribution in [0.25, 0.3) is 0 Å². The van der Waals surface area contributed by atoms with E-state index in [4.69, 9.17) is 42.1 Å². The van der Waals surface area contributed by atoms with Gasteiger partial charge in [-0.25, -0.2) is 9.59 Å². The summed E-state index contributed by atoms with van der Waals surface area (Å²) in [6.07, 6.45) is 1.93. The molecule has 2 aliphatic carbocycles. The highest BCUT2D eigenvalue weighted by atomic mass is 35.5. The number of hydrogen-bond acceptors (Lipinski definition) is 6. The molecule has 2 aromatic carbocycles. The van der Waals surface area contributed by atoms with Gasteiger partial charge in [0, 0.05) is 28.6 Å². The van der Waals surface area contributed by atoms with Crippen molar-refractivity contribution in [1.82, 2.24) is 0 Å². The number of benzene rings is 2. The lowest BCUT2D eigenvalue weighted by Gasteiger charge is -2.30. The Morgan fingerprint density at radius 2 is 1.09 bits per heavy atom. The zero-order valence-corrected chi connectivity index (χ0v) is 21.9. The van der Waals surface area contributed by atoms with Gasteiger partial charge in [-0.1, -0.05) is 39.8 Å². The van der Waals surface area contributed by atoms with Crippen molar-refractivity contribution in [3.63, 3.8) is 0 Å². The van der Waals surface area contributed by atoms with Crippen LogP contribution in [0.2, 0.25) is 0 Å². The Kier molecular flexibility index (Phi) is 7.00. The lowest BCUT2D eigenvalue weighted by atomic mass is 9.72. The van der Waals surface area contributed by atoms with Gasteiger partial charge in [-0.15, -0.1) is 0 Å². The molecule has 0 fully saturated rings. The zero-order valence-electron chi connectivity index (χ0n) is 20.4. The van der Waals surface area contributed by atoms with Gasteiger partial charge in [0.25, 0.3) is 0 Å². The average molecular weight is 521 g/mol. The van der Waals surface area contributed by atoms with Crippen molar-refractivity contribution in [2.24, 2.45) is 0 Å². The van der Waals surface area contributed by atoms with Crippen LogP contribution in [0.15, 0.2) is 36.4 Å². The number of rotatable bonds is 8. The quantitative estimate of drug-likeness (QED) is 0.280. The summed E-state index contributed by atoms with van der Waals surface area (Å²) in [4.78, 5) is 21.6. The van der Waals surface area contributed by atoms with Crippen molar-refractivity contribution in [2.45, 2.75) is 56.8 Å². The van der Waals surface area contributed by atoms with Gasteiger partial charge in [0.2, 0.25) is 0 Å². The van der Waals surface area contributed by atoms with E-state index in [1.807, 2.05) is 12.1 Å². The van der Waals surface area contributed by atoms with Crippen LogP contribution in [0, 0.1) is 0 Å². The monoisotopic (exact) mass is 520 g/mol. The van der Waals surface area contributed by atoms with Crippen LogP contribution >= 0.6 is 23.2 Å². The van der Waals surface area contributed by atoms with Crippen LogP contribution in [-0.4, -0.2) is 37.3 Å². The minimum atomic E-state index is -0.841. The summed E-state index contributed by atoms with van der Waals surface area (Å²) in [6, 6.07) is 12.5. The van der Waals surface area contributed by atoms with Crippen molar-refractivity contribution in [3.8, 4) is 11.5 Å². The van der Waals surface area contributed by atoms with E-state index in [1.54, 1.807) is 0 Å². The van der Waals surface area contributed by atoms with Crippen molar-refractivity contribution in [1.29, 1.82) is 0 Å². The van der Waals surface area contributed by atoms with Gasteiger partial charge < -0.3 is 18.9 Å². The average Bonchev–Trinajstić information content (AvgIpc) is 3.13. The predicted octanol–water partition coefficient (Wildman–Crippen LogP) is 6.84. The minimum absolute atomic E-state index is 0.0227. The molecule has 0 heterocycles. The Balaban J connectivity index is 1.68.